The van der Waals surface area contributed by atoms with Gasteiger partial charge in [0.05, 0.1) is 17.8 Å². The highest BCUT2D eigenvalue weighted by Crippen LogP contribution is 2.27. The zero-order valence-electron chi connectivity index (χ0n) is 11.9. The number of aryl methyl sites for hydroxylation is 1. The molecule has 2 rings (SSSR count). The first-order valence-electron chi connectivity index (χ1n) is 6.48. The molecule has 0 saturated heterocycles. The second kappa shape index (κ2) is 6.50. The monoisotopic (exact) mass is 304 g/mol. The molecule has 2 aromatic carbocycles. The number of rotatable bonds is 5. The molecule has 0 aliphatic heterocycles. The summed E-state index contributed by atoms with van der Waals surface area (Å²) in [5.41, 5.74) is 8.64. The van der Waals surface area contributed by atoms with Gasteiger partial charge >= 0.3 is 0 Å². The summed E-state index contributed by atoms with van der Waals surface area (Å²) in [6, 6.07) is 10.8. The van der Waals surface area contributed by atoms with Gasteiger partial charge in [0.1, 0.15) is 5.75 Å². The van der Waals surface area contributed by atoms with Crippen LogP contribution in [0, 0.1) is 6.92 Å². The number of carbonyl (C=O) groups is 1. The largest absolute Gasteiger partial charge is 0.497 e. The van der Waals surface area contributed by atoms with Crippen LogP contribution in [0.3, 0.4) is 0 Å². The molecule has 0 radical (unpaired) electrons. The first kappa shape index (κ1) is 15.2. The maximum atomic E-state index is 11.1. The van der Waals surface area contributed by atoms with Gasteiger partial charge in [-0.3, -0.25) is 4.79 Å². The smallest absolute Gasteiger partial charge is 0.248 e. The van der Waals surface area contributed by atoms with Gasteiger partial charge in [-0.2, -0.15) is 0 Å². The minimum absolute atomic E-state index is 0.423. The van der Waals surface area contributed by atoms with Crippen molar-refractivity contribution < 1.29 is 9.53 Å². The van der Waals surface area contributed by atoms with Crippen LogP contribution in [0.2, 0.25) is 5.02 Å². The molecule has 3 N–H and O–H groups in total. The van der Waals surface area contributed by atoms with E-state index in [4.69, 9.17) is 22.1 Å². The molecule has 0 aromatic heterocycles. The van der Waals surface area contributed by atoms with Crippen LogP contribution in [0.4, 0.5) is 5.69 Å². The van der Waals surface area contributed by atoms with Crippen molar-refractivity contribution in [3.05, 3.63) is 58.1 Å². The maximum absolute atomic E-state index is 11.1. The van der Waals surface area contributed by atoms with E-state index in [-0.39, 0.29) is 0 Å². The number of nitrogens with one attached hydrogen (secondary N) is 1. The van der Waals surface area contributed by atoms with Crippen molar-refractivity contribution in [3.63, 3.8) is 0 Å². The van der Waals surface area contributed by atoms with Gasteiger partial charge in [-0.15, -0.1) is 0 Å². The van der Waals surface area contributed by atoms with Gasteiger partial charge in [0.15, 0.2) is 0 Å². The van der Waals surface area contributed by atoms with Crippen LogP contribution in [0.5, 0.6) is 5.75 Å². The van der Waals surface area contributed by atoms with Crippen LogP contribution in [-0.2, 0) is 6.54 Å². The number of carbonyl (C=O) groups excluding carboxylic acids is 1. The van der Waals surface area contributed by atoms with Crippen molar-refractivity contribution in [3.8, 4) is 5.75 Å². The number of hydrogen-bond donors (Lipinski definition) is 2. The van der Waals surface area contributed by atoms with Gasteiger partial charge in [0.2, 0.25) is 5.91 Å². The standard InChI is InChI=1S/C16H17ClN2O2/c1-10-7-11(16(18)20)3-4-12(10)9-19-15-8-13(21-2)5-6-14(15)17/h3-8,19H,9H2,1-2H3,(H2,18,20). The van der Waals surface area contributed by atoms with Crippen LogP contribution < -0.4 is 15.8 Å². The molecule has 0 aliphatic rings. The quantitative estimate of drug-likeness (QED) is 0.890. The number of amides is 1. The Kier molecular flexibility index (Phi) is 4.70. The molecule has 110 valence electrons. The molecule has 0 bridgehead atoms. The molecule has 0 aliphatic carbocycles. The van der Waals surface area contributed by atoms with Gasteiger partial charge < -0.3 is 15.8 Å². The van der Waals surface area contributed by atoms with Crippen LogP contribution in [0.25, 0.3) is 0 Å². The lowest BCUT2D eigenvalue weighted by Gasteiger charge is -2.12. The molecule has 0 heterocycles. The third-order valence-electron chi connectivity index (χ3n) is 3.27. The summed E-state index contributed by atoms with van der Waals surface area (Å²) in [4.78, 5) is 11.1. The number of benzene rings is 2. The Hall–Kier alpha value is -2.20. The lowest BCUT2D eigenvalue weighted by Crippen LogP contribution is -2.11. The fourth-order valence-corrected chi connectivity index (χ4v) is 2.19. The fourth-order valence-electron chi connectivity index (χ4n) is 2.00. The number of anilines is 1. The molecule has 0 unspecified atom stereocenters. The molecule has 0 spiro atoms. The molecular weight excluding hydrogens is 288 g/mol. The molecule has 2 aromatic rings. The minimum atomic E-state index is -0.423. The third kappa shape index (κ3) is 3.67. The molecule has 0 atom stereocenters. The van der Waals surface area contributed by atoms with Crippen LogP contribution in [0.15, 0.2) is 36.4 Å². The lowest BCUT2D eigenvalue weighted by molar-refractivity contribution is 0.1000. The molecule has 0 saturated carbocycles. The molecule has 21 heavy (non-hydrogen) atoms. The van der Waals surface area contributed by atoms with E-state index in [0.29, 0.717) is 17.1 Å². The van der Waals surface area contributed by atoms with E-state index < -0.39 is 5.91 Å². The van der Waals surface area contributed by atoms with Gasteiger partial charge in [0.25, 0.3) is 0 Å². The topological polar surface area (TPSA) is 64.3 Å². The predicted molar refractivity (Wildman–Crippen MR) is 85.0 cm³/mol. The van der Waals surface area contributed by atoms with Crippen LogP contribution in [0.1, 0.15) is 21.5 Å². The van der Waals surface area contributed by atoms with Crippen molar-refractivity contribution in [1.29, 1.82) is 0 Å². The Morgan fingerprint density at radius 1 is 1.29 bits per heavy atom. The highest BCUT2D eigenvalue weighted by atomic mass is 35.5. The predicted octanol–water partition coefficient (Wildman–Crippen LogP) is 3.37. The van der Waals surface area contributed by atoms with E-state index in [9.17, 15) is 4.79 Å². The first-order chi connectivity index (χ1) is 10.0. The van der Waals surface area contributed by atoms with Gasteiger partial charge in [-0.1, -0.05) is 17.7 Å². The Bertz CT molecular complexity index is 671. The van der Waals surface area contributed by atoms with Gasteiger partial charge in [-0.25, -0.2) is 0 Å². The van der Waals surface area contributed by atoms with E-state index in [2.05, 4.69) is 5.32 Å². The second-order valence-corrected chi connectivity index (χ2v) is 5.11. The Morgan fingerprint density at radius 2 is 2.05 bits per heavy atom. The van der Waals surface area contributed by atoms with Crippen molar-refractivity contribution >= 4 is 23.2 Å². The number of hydrogen-bond acceptors (Lipinski definition) is 3. The summed E-state index contributed by atoms with van der Waals surface area (Å²) in [5.74, 6) is 0.316. The van der Waals surface area contributed by atoms with Crippen molar-refractivity contribution in [2.45, 2.75) is 13.5 Å². The fraction of sp³-hybridized carbons (Fsp3) is 0.188. The van der Waals surface area contributed by atoms with E-state index in [1.807, 2.05) is 19.1 Å². The molecular formula is C16H17ClN2O2. The summed E-state index contributed by atoms with van der Waals surface area (Å²) in [5, 5.41) is 3.89. The zero-order chi connectivity index (χ0) is 15.4. The lowest BCUT2D eigenvalue weighted by atomic mass is 10.0. The van der Waals surface area contributed by atoms with E-state index in [1.165, 1.54) is 0 Å². The van der Waals surface area contributed by atoms with Gasteiger partial charge in [0, 0.05) is 18.2 Å². The summed E-state index contributed by atoms with van der Waals surface area (Å²) in [7, 11) is 1.61. The van der Waals surface area contributed by atoms with Crippen molar-refractivity contribution in [2.75, 3.05) is 12.4 Å². The maximum Gasteiger partial charge on any atom is 0.248 e. The molecule has 0 fully saturated rings. The van der Waals surface area contributed by atoms with Gasteiger partial charge in [-0.05, 0) is 42.3 Å². The molecule has 4 nitrogen and oxygen atoms in total. The average Bonchev–Trinajstić information content (AvgIpc) is 2.47. The third-order valence-corrected chi connectivity index (χ3v) is 3.60. The Morgan fingerprint density at radius 3 is 2.67 bits per heavy atom. The molecule has 1 amide bonds. The SMILES string of the molecule is COc1ccc(Cl)c(NCc2ccc(C(N)=O)cc2C)c1. The number of methoxy groups -OCH3 is 1. The molecule has 5 heteroatoms. The average molecular weight is 305 g/mol. The number of primary amides is 1. The highest BCUT2D eigenvalue weighted by Gasteiger charge is 2.06. The Labute approximate surface area is 128 Å². The van der Waals surface area contributed by atoms with Crippen LogP contribution in [-0.4, -0.2) is 13.0 Å². The number of halogens is 1. The summed E-state index contributed by atoms with van der Waals surface area (Å²) < 4.78 is 5.18. The number of nitrogens with two attached hydrogens (primary N) is 1. The summed E-state index contributed by atoms with van der Waals surface area (Å²) >= 11 is 6.15. The number of ether oxygens (including phenoxy) is 1. The first-order valence-corrected chi connectivity index (χ1v) is 6.86. The zero-order valence-corrected chi connectivity index (χ0v) is 12.7. The van der Waals surface area contributed by atoms with Crippen molar-refractivity contribution in [2.24, 2.45) is 5.73 Å². The second-order valence-electron chi connectivity index (χ2n) is 4.70. The van der Waals surface area contributed by atoms with E-state index in [0.717, 1.165) is 22.6 Å². The summed E-state index contributed by atoms with van der Waals surface area (Å²) in [6.45, 7) is 2.54. The Balaban J connectivity index is 2.15. The van der Waals surface area contributed by atoms with Crippen molar-refractivity contribution in [1.82, 2.24) is 0 Å². The highest BCUT2D eigenvalue weighted by molar-refractivity contribution is 6.33. The van der Waals surface area contributed by atoms with E-state index >= 15 is 0 Å². The normalized spacial score (nSPS) is 10.2. The van der Waals surface area contributed by atoms with E-state index in [1.54, 1.807) is 31.4 Å². The minimum Gasteiger partial charge on any atom is -0.497 e. The summed E-state index contributed by atoms with van der Waals surface area (Å²) in [6.07, 6.45) is 0. The van der Waals surface area contributed by atoms with Crippen LogP contribution >= 0.6 is 11.6 Å².